The highest BCUT2D eigenvalue weighted by molar-refractivity contribution is 5.74. The predicted octanol–water partition coefficient (Wildman–Crippen LogP) is 2.70. The average molecular weight is 331 g/mol. The van der Waals surface area contributed by atoms with E-state index in [2.05, 4.69) is 24.1 Å². The molecule has 1 saturated carbocycles. The van der Waals surface area contributed by atoms with Gasteiger partial charge in [0.05, 0.1) is 5.60 Å². The van der Waals surface area contributed by atoms with Gasteiger partial charge in [0, 0.05) is 43.4 Å². The Morgan fingerprint density at radius 1 is 1.38 bits per heavy atom. The maximum Gasteiger partial charge on any atom is 0.317 e. The van der Waals surface area contributed by atoms with Gasteiger partial charge in [0.2, 0.25) is 0 Å². The Morgan fingerprint density at radius 2 is 2.12 bits per heavy atom. The van der Waals surface area contributed by atoms with E-state index in [1.165, 1.54) is 0 Å². The van der Waals surface area contributed by atoms with E-state index in [1.54, 1.807) is 12.4 Å². The molecule has 0 radical (unpaired) electrons. The predicted molar refractivity (Wildman–Crippen MR) is 93.8 cm³/mol. The number of amides is 2. The Morgan fingerprint density at radius 3 is 2.88 bits per heavy atom. The molecule has 2 N–H and O–H groups in total. The summed E-state index contributed by atoms with van der Waals surface area (Å²) in [6.45, 7) is 6.16. The number of carbonyl (C=O) groups is 1. The fourth-order valence-electron chi connectivity index (χ4n) is 4.07. The van der Waals surface area contributed by atoms with Crippen molar-refractivity contribution in [3.63, 3.8) is 0 Å². The van der Waals surface area contributed by atoms with Crippen LogP contribution in [0.15, 0.2) is 24.5 Å². The van der Waals surface area contributed by atoms with Crippen molar-refractivity contribution >= 4 is 6.03 Å². The number of hydrogen-bond acceptors (Lipinski definition) is 3. The monoisotopic (exact) mass is 331 g/mol. The quantitative estimate of drug-likeness (QED) is 0.895. The molecular weight excluding hydrogens is 302 g/mol. The van der Waals surface area contributed by atoms with Crippen LogP contribution in [0.2, 0.25) is 0 Å². The van der Waals surface area contributed by atoms with Crippen molar-refractivity contribution in [3.8, 4) is 0 Å². The third-order valence-corrected chi connectivity index (χ3v) is 5.86. The number of carbonyl (C=O) groups excluding carboxylic acids is 1. The third kappa shape index (κ3) is 3.56. The molecule has 1 aromatic heterocycles. The van der Waals surface area contributed by atoms with E-state index in [4.69, 9.17) is 0 Å². The minimum atomic E-state index is -0.536. The van der Waals surface area contributed by atoms with Crippen molar-refractivity contribution in [2.24, 2.45) is 5.92 Å². The molecule has 132 valence electrons. The van der Waals surface area contributed by atoms with Gasteiger partial charge < -0.3 is 15.3 Å². The molecule has 1 aliphatic carbocycles. The molecule has 0 bridgehead atoms. The Labute approximate surface area is 144 Å². The van der Waals surface area contributed by atoms with Gasteiger partial charge in [-0.25, -0.2) is 4.79 Å². The number of nitrogens with one attached hydrogen (secondary N) is 1. The highest BCUT2D eigenvalue weighted by Crippen LogP contribution is 2.39. The molecule has 2 fully saturated rings. The van der Waals surface area contributed by atoms with Crippen molar-refractivity contribution in [3.05, 3.63) is 30.1 Å². The van der Waals surface area contributed by atoms with Crippen molar-refractivity contribution in [2.45, 2.75) is 57.0 Å². The molecule has 1 aliphatic heterocycles. The van der Waals surface area contributed by atoms with Crippen LogP contribution in [0.4, 0.5) is 4.79 Å². The maximum atomic E-state index is 12.6. The smallest absolute Gasteiger partial charge is 0.317 e. The zero-order chi connectivity index (χ0) is 17.2. The number of nitrogens with zero attached hydrogens (tertiary/aromatic N) is 2. The van der Waals surface area contributed by atoms with Crippen LogP contribution in [0, 0.1) is 5.92 Å². The van der Waals surface area contributed by atoms with Crippen LogP contribution in [0.3, 0.4) is 0 Å². The summed E-state index contributed by atoms with van der Waals surface area (Å²) < 4.78 is 0. The molecule has 1 aromatic rings. The molecule has 2 aliphatic rings. The summed E-state index contributed by atoms with van der Waals surface area (Å²) in [7, 11) is 0. The second kappa shape index (κ2) is 6.71. The lowest BCUT2D eigenvalue weighted by molar-refractivity contribution is -0.0871. The van der Waals surface area contributed by atoms with Gasteiger partial charge in [-0.1, -0.05) is 26.7 Å². The van der Waals surface area contributed by atoms with E-state index in [0.29, 0.717) is 26.1 Å². The molecule has 3 rings (SSSR count). The first kappa shape index (κ1) is 17.2. The summed E-state index contributed by atoms with van der Waals surface area (Å²) in [5.74, 6) is 0.235. The van der Waals surface area contributed by atoms with Crippen LogP contribution >= 0.6 is 0 Å². The fourth-order valence-corrected chi connectivity index (χ4v) is 4.07. The molecule has 2 atom stereocenters. The summed E-state index contributed by atoms with van der Waals surface area (Å²) in [6.07, 6.45) is 8.47. The number of likely N-dealkylation sites (tertiary alicyclic amines) is 1. The number of pyridine rings is 1. The zero-order valence-corrected chi connectivity index (χ0v) is 14.8. The van der Waals surface area contributed by atoms with Crippen LogP contribution < -0.4 is 5.32 Å². The number of aliphatic hydroxyl groups is 1. The summed E-state index contributed by atoms with van der Waals surface area (Å²) in [5, 5.41) is 13.8. The first-order valence-electron chi connectivity index (χ1n) is 9.06. The van der Waals surface area contributed by atoms with E-state index < -0.39 is 5.60 Å². The first-order chi connectivity index (χ1) is 11.4. The van der Waals surface area contributed by atoms with Gasteiger partial charge in [0.25, 0.3) is 0 Å². The van der Waals surface area contributed by atoms with Crippen LogP contribution in [0.1, 0.15) is 51.5 Å². The molecule has 2 unspecified atom stereocenters. The van der Waals surface area contributed by atoms with Crippen LogP contribution in [0.25, 0.3) is 0 Å². The van der Waals surface area contributed by atoms with E-state index in [-0.39, 0.29) is 17.4 Å². The Bertz CT molecular complexity index is 575. The summed E-state index contributed by atoms with van der Waals surface area (Å²) in [6, 6.07) is 3.98. The van der Waals surface area contributed by atoms with E-state index in [9.17, 15) is 9.90 Å². The number of fused-ring (bicyclic) bond motifs is 1. The topological polar surface area (TPSA) is 65.5 Å². The number of hydrogen-bond donors (Lipinski definition) is 2. The van der Waals surface area contributed by atoms with Gasteiger partial charge in [-0.15, -0.1) is 0 Å². The van der Waals surface area contributed by atoms with E-state index >= 15 is 0 Å². The number of urea groups is 1. The standard InChI is InChI=1S/C19H29N3O2/c1-18(2,15-6-10-20-11-7-15)14-21-17(23)22-12-9-19(24)8-4-3-5-16(19)13-22/h6-7,10-11,16,24H,3-5,8-9,12-14H2,1-2H3,(H,21,23). The third-order valence-electron chi connectivity index (χ3n) is 5.86. The Kier molecular flexibility index (Phi) is 4.81. The normalized spacial score (nSPS) is 27.5. The SMILES string of the molecule is CC(C)(CNC(=O)N1CCC2(O)CCCCC2C1)c1ccncc1. The van der Waals surface area contributed by atoms with E-state index in [1.807, 2.05) is 17.0 Å². The number of rotatable bonds is 3. The molecule has 5 heteroatoms. The summed E-state index contributed by atoms with van der Waals surface area (Å²) in [4.78, 5) is 18.5. The first-order valence-corrected chi connectivity index (χ1v) is 9.06. The van der Waals surface area contributed by atoms with Crippen molar-refractivity contribution < 1.29 is 9.90 Å². The lowest BCUT2D eigenvalue weighted by Gasteiger charge is -2.47. The molecule has 2 amide bonds. The lowest BCUT2D eigenvalue weighted by Crippen LogP contribution is -2.57. The van der Waals surface area contributed by atoms with Gasteiger partial charge >= 0.3 is 6.03 Å². The molecule has 5 nitrogen and oxygen atoms in total. The van der Waals surface area contributed by atoms with Gasteiger partial charge in [0.1, 0.15) is 0 Å². The highest BCUT2D eigenvalue weighted by Gasteiger charge is 2.43. The molecular formula is C19H29N3O2. The Balaban J connectivity index is 1.56. The van der Waals surface area contributed by atoms with Crippen molar-refractivity contribution in [2.75, 3.05) is 19.6 Å². The van der Waals surface area contributed by atoms with Gasteiger partial charge in [0.15, 0.2) is 0 Å². The highest BCUT2D eigenvalue weighted by atomic mass is 16.3. The lowest BCUT2D eigenvalue weighted by atomic mass is 9.71. The Hall–Kier alpha value is -1.62. The maximum absolute atomic E-state index is 12.6. The number of piperidine rings is 1. The minimum Gasteiger partial charge on any atom is -0.389 e. The van der Waals surface area contributed by atoms with Crippen LogP contribution in [-0.2, 0) is 5.41 Å². The van der Waals surface area contributed by atoms with Crippen molar-refractivity contribution in [1.29, 1.82) is 0 Å². The number of aromatic nitrogens is 1. The van der Waals surface area contributed by atoms with Gasteiger partial charge in [-0.05, 0) is 37.0 Å². The van der Waals surface area contributed by atoms with E-state index in [0.717, 1.165) is 31.2 Å². The second-order valence-corrected chi connectivity index (χ2v) is 8.02. The largest absolute Gasteiger partial charge is 0.389 e. The average Bonchev–Trinajstić information content (AvgIpc) is 2.59. The summed E-state index contributed by atoms with van der Waals surface area (Å²) >= 11 is 0. The molecule has 0 aromatic carbocycles. The fraction of sp³-hybridized carbons (Fsp3) is 0.684. The molecule has 2 heterocycles. The second-order valence-electron chi connectivity index (χ2n) is 8.02. The van der Waals surface area contributed by atoms with Gasteiger partial charge in [-0.3, -0.25) is 4.98 Å². The van der Waals surface area contributed by atoms with Crippen LogP contribution in [0.5, 0.6) is 0 Å². The molecule has 0 spiro atoms. The minimum absolute atomic E-state index is 0.00949. The molecule has 24 heavy (non-hydrogen) atoms. The zero-order valence-electron chi connectivity index (χ0n) is 14.8. The van der Waals surface area contributed by atoms with Crippen LogP contribution in [-0.4, -0.2) is 46.3 Å². The molecule has 1 saturated heterocycles. The van der Waals surface area contributed by atoms with Crippen molar-refractivity contribution in [1.82, 2.24) is 15.2 Å². The van der Waals surface area contributed by atoms with Gasteiger partial charge in [-0.2, -0.15) is 0 Å². The summed E-state index contributed by atoms with van der Waals surface area (Å²) in [5.41, 5.74) is 0.490.